The topological polar surface area (TPSA) is 114 Å². The van der Waals surface area contributed by atoms with Crippen LogP contribution in [0.5, 0.6) is 0 Å². The highest BCUT2D eigenvalue weighted by molar-refractivity contribution is 5.59. The van der Waals surface area contributed by atoms with Crippen molar-refractivity contribution in [3.05, 3.63) is 16.3 Å². The average molecular weight is 269 g/mol. The predicted molar refractivity (Wildman–Crippen MR) is 67.3 cm³/mol. The van der Waals surface area contributed by atoms with Crippen molar-refractivity contribution in [3.8, 4) is 0 Å². The van der Waals surface area contributed by atoms with E-state index in [1.54, 1.807) is 11.9 Å². The maximum Gasteiger partial charge on any atom is 0.329 e. The second kappa shape index (κ2) is 5.76. The van der Waals surface area contributed by atoms with E-state index in [1.807, 2.05) is 0 Å². The van der Waals surface area contributed by atoms with E-state index in [9.17, 15) is 10.1 Å². The third-order valence-corrected chi connectivity index (χ3v) is 2.81. The molecule has 1 unspecified atom stereocenters. The van der Waals surface area contributed by atoms with Gasteiger partial charge in [-0.2, -0.15) is 4.98 Å². The van der Waals surface area contributed by atoms with E-state index in [4.69, 9.17) is 9.84 Å². The maximum atomic E-state index is 11.0. The van der Waals surface area contributed by atoms with Crippen molar-refractivity contribution < 1.29 is 14.8 Å². The molecular weight excluding hydrogens is 254 g/mol. The van der Waals surface area contributed by atoms with Gasteiger partial charge in [0.15, 0.2) is 0 Å². The highest BCUT2D eigenvalue weighted by Crippen LogP contribution is 2.27. The van der Waals surface area contributed by atoms with Crippen molar-refractivity contribution >= 4 is 17.5 Å². The Morgan fingerprint density at radius 1 is 1.74 bits per heavy atom. The summed E-state index contributed by atoms with van der Waals surface area (Å²) in [5.74, 6) is 0.554. The first-order valence-electron chi connectivity index (χ1n) is 5.82. The summed E-state index contributed by atoms with van der Waals surface area (Å²) in [5.41, 5.74) is -0.155. The van der Waals surface area contributed by atoms with Gasteiger partial charge in [0.2, 0.25) is 11.8 Å². The molecule has 2 N–H and O–H groups in total. The van der Waals surface area contributed by atoms with Crippen molar-refractivity contribution in [1.82, 2.24) is 9.97 Å². The molecule has 2 heterocycles. The van der Waals surface area contributed by atoms with Gasteiger partial charge in [0.25, 0.3) is 0 Å². The van der Waals surface area contributed by atoms with Gasteiger partial charge in [-0.05, 0) is 0 Å². The molecule has 9 heteroatoms. The number of nitro groups is 1. The van der Waals surface area contributed by atoms with E-state index >= 15 is 0 Å². The number of nitrogens with zero attached hydrogens (tertiary/aromatic N) is 4. The van der Waals surface area contributed by atoms with Gasteiger partial charge in [-0.3, -0.25) is 10.1 Å². The van der Waals surface area contributed by atoms with Crippen LogP contribution in [0.3, 0.4) is 0 Å². The van der Waals surface area contributed by atoms with Gasteiger partial charge in [0, 0.05) is 20.1 Å². The number of aromatic nitrogens is 2. The number of hydrogen-bond acceptors (Lipinski definition) is 8. The van der Waals surface area contributed by atoms with Crippen LogP contribution in [0.4, 0.5) is 17.5 Å². The lowest BCUT2D eigenvalue weighted by molar-refractivity contribution is -0.384. The van der Waals surface area contributed by atoms with Crippen LogP contribution in [-0.2, 0) is 4.74 Å². The summed E-state index contributed by atoms with van der Waals surface area (Å²) in [6.07, 6.45) is 0.818. The van der Waals surface area contributed by atoms with E-state index in [0.29, 0.717) is 25.6 Å². The number of anilines is 2. The van der Waals surface area contributed by atoms with Crippen LogP contribution in [0.1, 0.15) is 0 Å². The monoisotopic (exact) mass is 269 g/mol. The fraction of sp³-hybridized carbons (Fsp3) is 0.600. The standard InChI is InChI=1S/C10H15N5O4/c1-11-10-12-4-8(15(17)18)9(13-10)14-2-3-19-7(5-14)6-16/h4,7,16H,2-3,5-6H2,1H3,(H,11,12,13). The molecule has 0 spiro atoms. The van der Waals surface area contributed by atoms with E-state index in [2.05, 4.69) is 15.3 Å². The molecule has 0 aliphatic carbocycles. The van der Waals surface area contributed by atoms with Gasteiger partial charge in [-0.15, -0.1) is 0 Å². The lowest BCUT2D eigenvalue weighted by atomic mass is 10.2. The van der Waals surface area contributed by atoms with Gasteiger partial charge in [0.05, 0.1) is 24.2 Å². The Bertz CT molecular complexity index is 469. The molecule has 1 aliphatic heterocycles. The number of hydrogen-bond donors (Lipinski definition) is 2. The van der Waals surface area contributed by atoms with Gasteiger partial charge in [-0.1, -0.05) is 0 Å². The van der Waals surface area contributed by atoms with E-state index in [1.165, 1.54) is 6.20 Å². The lowest BCUT2D eigenvalue weighted by Crippen LogP contribution is -2.44. The Kier molecular flexibility index (Phi) is 4.07. The van der Waals surface area contributed by atoms with Crippen molar-refractivity contribution in [2.75, 3.05) is 43.6 Å². The van der Waals surface area contributed by atoms with Crippen LogP contribution in [0.2, 0.25) is 0 Å². The first-order valence-corrected chi connectivity index (χ1v) is 5.82. The van der Waals surface area contributed by atoms with Gasteiger partial charge < -0.3 is 20.1 Å². The minimum absolute atomic E-state index is 0.131. The minimum atomic E-state index is -0.516. The first-order chi connectivity index (χ1) is 9.15. The van der Waals surface area contributed by atoms with Crippen LogP contribution in [0, 0.1) is 10.1 Å². The smallest absolute Gasteiger partial charge is 0.329 e. The zero-order valence-corrected chi connectivity index (χ0v) is 10.4. The zero-order valence-electron chi connectivity index (χ0n) is 10.4. The van der Waals surface area contributed by atoms with Crippen molar-refractivity contribution in [2.24, 2.45) is 0 Å². The largest absolute Gasteiger partial charge is 0.394 e. The Hall–Kier alpha value is -2.00. The molecule has 1 aliphatic rings. The summed E-state index contributed by atoms with van der Waals surface area (Å²) in [5, 5.41) is 22.9. The highest BCUT2D eigenvalue weighted by Gasteiger charge is 2.27. The molecule has 1 aromatic heterocycles. The summed E-state index contributed by atoms with van der Waals surface area (Å²) in [6, 6.07) is 0. The molecule has 1 saturated heterocycles. The number of morpholine rings is 1. The van der Waals surface area contributed by atoms with Gasteiger partial charge >= 0.3 is 5.69 Å². The van der Waals surface area contributed by atoms with Crippen LogP contribution >= 0.6 is 0 Å². The quantitative estimate of drug-likeness (QED) is 0.562. The van der Waals surface area contributed by atoms with Crippen molar-refractivity contribution in [1.29, 1.82) is 0 Å². The van der Waals surface area contributed by atoms with E-state index < -0.39 is 4.92 Å². The highest BCUT2D eigenvalue weighted by atomic mass is 16.6. The predicted octanol–water partition coefficient (Wildman–Crippen LogP) is -0.376. The molecule has 1 aromatic rings. The molecule has 0 bridgehead atoms. The Labute approximate surface area is 109 Å². The molecule has 2 rings (SSSR count). The van der Waals surface area contributed by atoms with E-state index in [-0.39, 0.29) is 24.2 Å². The fourth-order valence-corrected chi connectivity index (χ4v) is 1.87. The number of ether oxygens (including phenoxy) is 1. The average Bonchev–Trinajstić information content (AvgIpc) is 2.46. The Morgan fingerprint density at radius 3 is 3.16 bits per heavy atom. The Morgan fingerprint density at radius 2 is 2.53 bits per heavy atom. The summed E-state index contributed by atoms with van der Waals surface area (Å²) in [4.78, 5) is 20.2. The number of aliphatic hydroxyl groups excluding tert-OH is 1. The second-order valence-electron chi connectivity index (χ2n) is 4.03. The third kappa shape index (κ3) is 2.88. The minimum Gasteiger partial charge on any atom is -0.394 e. The summed E-state index contributed by atoms with van der Waals surface area (Å²) >= 11 is 0. The lowest BCUT2D eigenvalue weighted by Gasteiger charge is -2.32. The van der Waals surface area contributed by atoms with Crippen LogP contribution < -0.4 is 10.2 Å². The normalized spacial score (nSPS) is 19.3. The third-order valence-electron chi connectivity index (χ3n) is 2.81. The van der Waals surface area contributed by atoms with Gasteiger partial charge in [-0.25, -0.2) is 4.98 Å². The molecule has 0 saturated carbocycles. The molecule has 0 aromatic carbocycles. The van der Waals surface area contributed by atoms with Crippen molar-refractivity contribution in [2.45, 2.75) is 6.10 Å². The summed E-state index contributed by atoms with van der Waals surface area (Å²) in [7, 11) is 1.64. The maximum absolute atomic E-state index is 11.0. The SMILES string of the molecule is CNc1ncc([N+](=O)[O-])c(N2CCOC(CO)C2)n1. The second-order valence-corrected chi connectivity index (χ2v) is 4.03. The zero-order chi connectivity index (χ0) is 13.8. The van der Waals surface area contributed by atoms with Crippen molar-refractivity contribution in [3.63, 3.8) is 0 Å². The van der Waals surface area contributed by atoms with E-state index in [0.717, 1.165) is 0 Å². The molecule has 0 radical (unpaired) electrons. The Balaban J connectivity index is 2.32. The number of rotatable bonds is 4. The summed E-state index contributed by atoms with van der Waals surface area (Å²) in [6.45, 7) is 1.10. The number of nitrogens with one attached hydrogen (secondary N) is 1. The molecule has 1 atom stereocenters. The van der Waals surface area contributed by atoms with Crippen LogP contribution in [0.15, 0.2) is 6.20 Å². The number of aliphatic hydroxyl groups is 1. The fourth-order valence-electron chi connectivity index (χ4n) is 1.87. The molecule has 0 amide bonds. The summed E-state index contributed by atoms with van der Waals surface area (Å²) < 4.78 is 5.32. The molecule has 9 nitrogen and oxygen atoms in total. The van der Waals surface area contributed by atoms with Crippen LogP contribution in [-0.4, -0.2) is 59.5 Å². The van der Waals surface area contributed by atoms with Crippen LogP contribution in [0.25, 0.3) is 0 Å². The molecule has 104 valence electrons. The molecule has 1 fully saturated rings. The molecular formula is C10H15N5O4. The molecule has 19 heavy (non-hydrogen) atoms. The first kappa shape index (κ1) is 13.4. The van der Waals surface area contributed by atoms with Gasteiger partial charge in [0.1, 0.15) is 6.20 Å².